The van der Waals surface area contributed by atoms with Crippen molar-refractivity contribution in [1.29, 1.82) is 0 Å². The highest BCUT2D eigenvalue weighted by molar-refractivity contribution is 5.74. The quantitative estimate of drug-likeness (QED) is 0.714. The third-order valence-corrected chi connectivity index (χ3v) is 2.62. The number of fused-ring (bicyclic) bond motifs is 1. The molecule has 0 spiro atoms. The van der Waals surface area contributed by atoms with E-state index >= 15 is 0 Å². The van der Waals surface area contributed by atoms with Gasteiger partial charge in [-0.25, -0.2) is 14.4 Å². The molecule has 0 saturated carbocycles. The summed E-state index contributed by atoms with van der Waals surface area (Å²) in [6.07, 6.45) is 1.50. The number of ether oxygens (including phenoxy) is 1. The van der Waals surface area contributed by atoms with E-state index in [0.29, 0.717) is 11.6 Å². The lowest BCUT2D eigenvalue weighted by atomic mass is 10.3. The van der Waals surface area contributed by atoms with E-state index in [1.54, 1.807) is 6.07 Å². The maximum atomic E-state index is 13.3. The first-order valence-corrected chi connectivity index (χ1v) is 5.67. The number of para-hydroxylation sites is 2. The van der Waals surface area contributed by atoms with Crippen molar-refractivity contribution >= 4 is 16.7 Å². The van der Waals surface area contributed by atoms with Gasteiger partial charge < -0.3 is 10.5 Å². The Labute approximate surface area is 108 Å². The van der Waals surface area contributed by atoms with Crippen LogP contribution >= 0.6 is 0 Å². The van der Waals surface area contributed by atoms with Gasteiger partial charge >= 0.3 is 0 Å². The first-order valence-electron chi connectivity index (χ1n) is 5.67. The van der Waals surface area contributed by atoms with Crippen molar-refractivity contribution < 1.29 is 9.13 Å². The summed E-state index contributed by atoms with van der Waals surface area (Å²) in [5.74, 6) is 0.116. The van der Waals surface area contributed by atoms with Crippen LogP contribution in [0.3, 0.4) is 0 Å². The summed E-state index contributed by atoms with van der Waals surface area (Å²) >= 11 is 0. The lowest BCUT2D eigenvalue weighted by Crippen LogP contribution is -1.93. The molecule has 0 amide bonds. The summed E-state index contributed by atoms with van der Waals surface area (Å²) in [5.41, 5.74) is 6.97. The topological polar surface area (TPSA) is 61.0 Å². The zero-order chi connectivity index (χ0) is 13.2. The van der Waals surface area contributed by atoms with Gasteiger partial charge in [0.2, 0.25) is 5.88 Å². The van der Waals surface area contributed by atoms with Gasteiger partial charge in [-0.15, -0.1) is 0 Å². The van der Waals surface area contributed by atoms with Crippen molar-refractivity contribution in [3.63, 3.8) is 0 Å². The summed E-state index contributed by atoms with van der Waals surface area (Å²) < 4.78 is 18.7. The minimum Gasteiger partial charge on any atom is -0.437 e. The van der Waals surface area contributed by atoms with Gasteiger partial charge in [-0.05, 0) is 24.3 Å². The van der Waals surface area contributed by atoms with Crippen molar-refractivity contribution in [2.45, 2.75) is 0 Å². The Morgan fingerprint density at radius 2 is 1.84 bits per heavy atom. The molecule has 3 rings (SSSR count). The van der Waals surface area contributed by atoms with Gasteiger partial charge in [0.05, 0.1) is 22.9 Å². The van der Waals surface area contributed by atoms with Crippen LogP contribution in [0.15, 0.2) is 48.7 Å². The van der Waals surface area contributed by atoms with Gasteiger partial charge in [0.15, 0.2) is 0 Å². The van der Waals surface area contributed by atoms with E-state index < -0.39 is 5.82 Å². The van der Waals surface area contributed by atoms with E-state index in [0.717, 1.165) is 11.0 Å². The van der Waals surface area contributed by atoms with Crippen LogP contribution in [0.4, 0.5) is 10.1 Å². The second kappa shape index (κ2) is 4.53. The van der Waals surface area contributed by atoms with E-state index in [2.05, 4.69) is 9.97 Å². The number of anilines is 1. The highest BCUT2D eigenvalue weighted by atomic mass is 19.1. The van der Waals surface area contributed by atoms with Crippen LogP contribution in [0.2, 0.25) is 0 Å². The molecule has 2 aromatic carbocycles. The molecule has 3 aromatic rings. The molecule has 5 heteroatoms. The fourth-order valence-electron chi connectivity index (χ4n) is 1.68. The molecule has 0 unspecified atom stereocenters. The molecule has 0 aliphatic carbocycles. The van der Waals surface area contributed by atoms with Crippen LogP contribution in [0.1, 0.15) is 0 Å². The smallest absolute Gasteiger partial charge is 0.238 e. The molecule has 0 radical (unpaired) electrons. The van der Waals surface area contributed by atoms with E-state index in [4.69, 9.17) is 10.5 Å². The number of nitrogens with two attached hydrogens (primary N) is 1. The molecule has 0 atom stereocenters. The first kappa shape index (κ1) is 11.4. The molecule has 4 nitrogen and oxygen atoms in total. The molecular weight excluding hydrogens is 245 g/mol. The maximum Gasteiger partial charge on any atom is 0.238 e. The predicted molar refractivity (Wildman–Crippen MR) is 70.4 cm³/mol. The number of rotatable bonds is 2. The van der Waals surface area contributed by atoms with Gasteiger partial charge in [-0.3, -0.25) is 0 Å². The Kier molecular flexibility index (Phi) is 2.72. The second-order valence-electron chi connectivity index (χ2n) is 3.98. The summed E-state index contributed by atoms with van der Waals surface area (Å²) in [5, 5.41) is 0. The first-order chi connectivity index (χ1) is 9.22. The van der Waals surface area contributed by atoms with Crippen molar-refractivity contribution in [1.82, 2.24) is 9.97 Å². The fourth-order valence-corrected chi connectivity index (χ4v) is 1.68. The van der Waals surface area contributed by atoms with Crippen LogP contribution in [0.25, 0.3) is 11.0 Å². The largest absolute Gasteiger partial charge is 0.437 e. The summed E-state index contributed by atoms with van der Waals surface area (Å²) in [6, 6.07) is 11.7. The highest BCUT2D eigenvalue weighted by Crippen LogP contribution is 2.23. The Morgan fingerprint density at radius 3 is 2.63 bits per heavy atom. The maximum absolute atomic E-state index is 13.3. The average Bonchev–Trinajstić information content (AvgIpc) is 2.43. The number of hydrogen-bond donors (Lipinski definition) is 1. The van der Waals surface area contributed by atoms with Crippen molar-refractivity contribution in [2.75, 3.05) is 5.73 Å². The number of halogens is 1. The predicted octanol–water partition coefficient (Wildman–Crippen LogP) is 3.14. The lowest BCUT2D eigenvalue weighted by Gasteiger charge is -2.06. The van der Waals surface area contributed by atoms with Crippen molar-refractivity contribution in [3.05, 3.63) is 54.5 Å². The molecule has 2 N–H and O–H groups in total. The molecule has 1 aromatic heterocycles. The molecule has 94 valence electrons. The monoisotopic (exact) mass is 255 g/mol. The highest BCUT2D eigenvalue weighted by Gasteiger charge is 2.04. The third-order valence-electron chi connectivity index (χ3n) is 2.62. The van der Waals surface area contributed by atoms with E-state index in [-0.39, 0.29) is 5.69 Å². The second-order valence-corrected chi connectivity index (χ2v) is 3.98. The molecule has 0 saturated heterocycles. The van der Waals surface area contributed by atoms with Crippen LogP contribution in [-0.2, 0) is 0 Å². The number of nitrogen functional groups attached to an aromatic ring is 1. The third kappa shape index (κ3) is 2.30. The molecule has 0 bridgehead atoms. The van der Waals surface area contributed by atoms with E-state index in [9.17, 15) is 4.39 Å². The Hall–Kier alpha value is -2.69. The Morgan fingerprint density at radius 1 is 1.05 bits per heavy atom. The standard InChI is InChI=1S/C14H10FN3O/c15-10-7-9(5-6-11(10)16)19-14-8-17-12-3-1-2-4-13(12)18-14/h1-8H,16H2. The molecular formula is C14H10FN3O. The number of aromatic nitrogens is 2. The van der Waals surface area contributed by atoms with Crippen LogP contribution in [0, 0.1) is 5.82 Å². The molecule has 1 heterocycles. The zero-order valence-corrected chi connectivity index (χ0v) is 9.88. The number of nitrogens with zero attached hydrogens (tertiary/aromatic N) is 2. The average molecular weight is 255 g/mol. The van der Waals surface area contributed by atoms with Gasteiger partial charge in [0, 0.05) is 6.07 Å². The Balaban J connectivity index is 1.94. The van der Waals surface area contributed by atoms with Gasteiger partial charge in [-0.1, -0.05) is 12.1 Å². The van der Waals surface area contributed by atoms with Gasteiger partial charge in [0.25, 0.3) is 0 Å². The minimum absolute atomic E-state index is 0.0805. The lowest BCUT2D eigenvalue weighted by molar-refractivity contribution is 0.458. The molecule has 0 aliphatic heterocycles. The van der Waals surface area contributed by atoms with Crippen molar-refractivity contribution in [2.24, 2.45) is 0 Å². The summed E-state index contributed by atoms with van der Waals surface area (Å²) in [6.45, 7) is 0. The fraction of sp³-hybridized carbons (Fsp3) is 0. The molecule has 0 aliphatic rings. The Bertz CT molecular complexity index is 746. The van der Waals surface area contributed by atoms with Crippen LogP contribution in [0.5, 0.6) is 11.6 Å². The SMILES string of the molecule is Nc1ccc(Oc2cnc3ccccc3n2)cc1F. The normalized spacial score (nSPS) is 10.6. The zero-order valence-electron chi connectivity index (χ0n) is 9.88. The summed E-state index contributed by atoms with van der Waals surface area (Å²) in [7, 11) is 0. The van der Waals surface area contributed by atoms with Crippen LogP contribution in [-0.4, -0.2) is 9.97 Å². The minimum atomic E-state index is -0.522. The van der Waals surface area contributed by atoms with Gasteiger partial charge in [-0.2, -0.15) is 0 Å². The van der Waals surface area contributed by atoms with Crippen LogP contribution < -0.4 is 10.5 Å². The van der Waals surface area contributed by atoms with Gasteiger partial charge in [0.1, 0.15) is 11.6 Å². The number of hydrogen-bond acceptors (Lipinski definition) is 4. The molecule has 0 fully saturated rings. The van der Waals surface area contributed by atoms with Crippen molar-refractivity contribution in [3.8, 4) is 11.6 Å². The molecule has 19 heavy (non-hydrogen) atoms. The van der Waals surface area contributed by atoms with E-state index in [1.165, 1.54) is 18.3 Å². The number of benzene rings is 2. The summed E-state index contributed by atoms with van der Waals surface area (Å²) in [4.78, 5) is 8.50. The van der Waals surface area contributed by atoms with E-state index in [1.807, 2.05) is 24.3 Å².